The molecule has 0 bridgehead atoms. The Morgan fingerprint density at radius 2 is 1.75 bits per heavy atom. The van der Waals surface area contributed by atoms with Crippen LogP contribution in [0, 0.1) is 0 Å². The van der Waals surface area contributed by atoms with Crippen LogP contribution in [0.2, 0.25) is 0 Å². The Balaban J connectivity index is 1.73. The molecule has 0 radical (unpaired) electrons. The SMILES string of the molecule is COc1ccc(OC)c(N(CC(=O)NCc2ccccc2CN2CCCC2)S(C)(=O)=O)c1. The highest BCUT2D eigenvalue weighted by Gasteiger charge is 2.25. The molecular formula is C23H31N3O5S. The average molecular weight is 462 g/mol. The number of rotatable bonds is 10. The van der Waals surface area contributed by atoms with Gasteiger partial charge in [0, 0.05) is 19.2 Å². The first-order valence-corrected chi connectivity index (χ1v) is 12.4. The third-order valence-corrected chi connectivity index (χ3v) is 6.66. The van der Waals surface area contributed by atoms with Gasteiger partial charge in [-0.05, 0) is 49.2 Å². The summed E-state index contributed by atoms with van der Waals surface area (Å²) in [5.74, 6) is 0.391. The van der Waals surface area contributed by atoms with Crippen LogP contribution in [-0.4, -0.2) is 59.3 Å². The van der Waals surface area contributed by atoms with Gasteiger partial charge in [-0.25, -0.2) is 8.42 Å². The maximum atomic E-state index is 12.8. The van der Waals surface area contributed by atoms with Gasteiger partial charge in [0.25, 0.3) is 0 Å². The number of nitrogens with one attached hydrogen (secondary N) is 1. The molecule has 2 aromatic rings. The predicted octanol–water partition coefficient (Wildman–Crippen LogP) is 2.38. The number of hydrogen-bond donors (Lipinski definition) is 1. The lowest BCUT2D eigenvalue weighted by atomic mass is 10.1. The van der Waals surface area contributed by atoms with Crippen molar-refractivity contribution in [3.63, 3.8) is 0 Å². The predicted molar refractivity (Wildman–Crippen MR) is 125 cm³/mol. The fourth-order valence-corrected chi connectivity index (χ4v) is 4.67. The molecule has 0 atom stereocenters. The van der Waals surface area contributed by atoms with Gasteiger partial charge in [0.15, 0.2) is 0 Å². The van der Waals surface area contributed by atoms with Crippen LogP contribution in [0.3, 0.4) is 0 Å². The van der Waals surface area contributed by atoms with Crippen molar-refractivity contribution in [3.05, 3.63) is 53.6 Å². The van der Waals surface area contributed by atoms with Crippen LogP contribution in [0.4, 0.5) is 5.69 Å². The third kappa shape index (κ3) is 6.14. The van der Waals surface area contributed by atoms with Crippen LogP contribution in [-0.2, 0) is 27.9 Å². The molecule has 9 heteroatoms. The number of sulfonamides is 1. The largest absolute Gasteiger partial charge is 0.497 e. The summed E-state index contributed by atoms with van der Waals surface area (Å²) in [6, 6.07) is 12.8. The number of benzene rings is 2. The summed E-state index contributed by atoms with van der Waals surface area (Å²) >= 11 is 0. The quantitative estimate of drug-likeness (QED) is 0.585. The minimum Gasteiger partial charge on any atom is -0.497 e. The van der Waals surface area contributed by atoms with Crippen molar-refractivity contribution in [1.82, 2.24) is 10.2 Å². The summed E-state index contributed by atoms with van der Waals surface area (Å²) in [5.41, 5.74) is 2.45. The molecule has 174 valence electrons. The van der Waals surface area contributed by atoms with E-state index in [-0.39, 0.29) is 12.2 Å². The molecule has 1 N–H and O–H groups in total. The van der Waals surface area contributed by atoms with E-state index >= 15 is 0 Å². The molecule has 0 unspecified atom stereocenters. The van der Waals surface area contributed by atoms with Crippen molar-refractivity contribution in [1.29, 1.82) is 0 Å². The molecule has 2 aromatic carbocycles. The zero-order valence-electron chi connectivity index (χ0n) is 18.8. The van der Waals surface area contributed by atoms with E-state index in [0.29, 0.717) is 18.0 Å². The highest BCUT2D eigenvalue weighted by molar-refractivity contribution is 7.92. The smallest absolute Gasteiger partial charge is 0.241 e. The van der Waals surface area contributed by atoms with Gasteiger partial charge in [-0.15, -0.1) is 0 Å². The van der Waals surface area contributed by atoms with Crippen molar-refractivity contribution in [3.8, 4) is 11.5 Å². The van der Waals surface area contributed by atoms with E-state index in [1.807, 2.05) is 18.2 Å². The van der Waals surface area contributed by atoms with Crippen LogP contribution in [0.1, 0.15) is 24.0 Å². The highest BCUT2D eigenvalue weighted by atomic mass is 32.2. The summed E-state index contributed by atoms with van der Waals surface area (Å²) < 4.78 is 36.6. The first-order valence-electron chi connectivity index (χ1n) is 10.6. The van der Waals surface area contributed by atoms with Crippen LogP contribution >= 0.6 is 0 Å². The van der Waals surface area contributed by atoms with Crippen molar-refractivity contribution in [2.24, 2.45) is 0 Å². The van der Waals surface area contributed by atoms with Crippen LogP contribution in [0.15, 0.2) is 42.5 Å². The molecule has 1 amide bonds. The van der Waals surface area contributed by atoms with E-state index < -0.39 is 15.9 Å². The van der Waals surface area contributed by atoms with Crippen LogP contribution < -0.4 is 19.1 Å². The molecule has 1 aliphatic heterocycles. The molecule has 0 aromatic heterocycles. The van der Waals surface area contributed by atoms with E-state index in [4.69, 9.17) is 9.47 Å². The fourth-order valence-electron chi connectivity index (χ4n) is 3.82. The standard InChI is InChI=1S/C23H31N3O5S/c1-30-20-10-11-22(31-2)21(14-20)26(32(3,28)29)17-23(27)24-15-18-8-4-5-9-19(18)16-25-12-6-7-13-25/h4-5,8-11,14H,6-7,12-13,15-17H2,1-3H3,(H,24,27). The van der Waals surface area contributed by atoms with E-state index in [1.165, 1.54) is 32.6 Å². The van der Waals surface area contributed by atoms with Crippen LogP contribution in [0.5, 0.6) is 11.5 Å². The molecule has 3 rings (SSSR count). The molecule has 1 aliphatic rings. The van der Waals surface area contributed by atoms with Gasteiger partial charge in [-0.1, -0.05) is 24.3 Å². The Hall–Kier alpha value is -2.78. The molecule has 8 nitrogen and oxygen atoms in total. The number of carbonyl (C=O) groups excluding carboxylic acids is 1. The summed E-state index contributed by atoms with van der Waals surface area (Å²) in [5, 5.41) is 2.87. The number of anilines is 1. The monoisotopic (exact) mass is 461 g/mol. The lowest BCUT2D eigenvalue weighted by Crippen LogP contribution is -2.40. The first kappa shape index (κ1) is 23.9. The Labute approximate surface area is 190 Å². The second-order valence-corrected chi connectivity index (χ2v) is 9.74. The van der Waals surface area contributed by atoms with Gasteiger partial charge in [0.2, 0.25) is 15.9 Å². The van der Waals surface area contributed by atoms with E-state index in [0.717, 1.165) is 35.8 Å². The summed E-state index contributed by atoms with van der Waals surface area (Å²) in [7, 11) is -0.811. The number of nitrogens with zero attached hydrogens (tertiary/aromatic N) is 2. The molecule has 1 saturated heterocycles. The summed E-state index contributed by atoms with van der Waals surface area (Å²) in [6.45, 7) is 2.99. The molecule has 0 aliphatic carbocycles. The Morgan fingerprint density at radius 3 is 2.38 bits per heavy atom. The number of ether oxygens (including phenoxy) is 2. The number of carbonyl (C=O) groups is 1. The number of likely N-dealkylation sites (tertiary alicyclic amines) is 1. The Bertz CT molecular complexity index is 1040. The molecule has 0 spiro atoms. The number of amides is 1. The fraction of sp³-hybridized carbons (Fsp3) is 0.435. The molecule has 0 saturated carbocycles. The van der Waals surface area contributed by atoms with Gasteiger partial charge in [-0.3, -0.25) is 14.0 Å². The van der Waals surface area contributed by atoms with Gasteiger partial charge < -0.3 is 14.8 Å². The maximum Gasteiger partial charge on any atom is 0.241 e. The van der Waals surface area contributed by atoms with Crippen molar-refractivity contribution >= 4 is 21.6 Å². The lowest BCUT2D eigenvalue weighted by Gasteiger charge is -2.24. The van der Waals surface area contributed by atoms with E-state index in [1.54, 1.807) is 18.2 Å². The second kappa shape index (κ2) is 10.7. The zero-order chi connectivity index (χ0) is 23.1. The Morgan fingerprint density at radius 1 is 1.06 bits per heavy atom. The normalized spacial score (nSPS) is 14.2. The second-order valence-electron chi connectivity index (χ2n) is 7.84. The van der Waals surface area contributed by atoms with Gasteiger partial charge in [-0.2, -0.15) is 0 Å². The zero-order valence-corrected chi connectivity index (χ0v) is 19.7. The van der Waals surface area contributed by atoms with Gasteiger partial charge in [0.1, 0.15) is 18.0 Å². The molecule has 32 heavy (non-hydrogen) atoms. The van der Waals surface area contributed by atoms with Crippen LogP contribution in [0.25, 0.3) is 0 Å². The molecular weight excluding hydrogens is 430 g/mol. The first-order chi connectivity index (χ1) is 15.3. The maximum absolute atomic E-state index is 12.8. The summed E-state index contributed by atoms with van der Waals surface area (Å²) in [4.78, 5) is 15.2. The average Bonchev–Trinajstić information content (AvgIpc) is 3.28. The van der Waals surface area contributed by atoms with Crippen molar-refractivity contribution in [2.45, 2.75) is 25.9 Å². The molecule has 1 fully saturated rings. The van der Waals surface area contributed by atoms with Crippen molar-refractivity contribution < 1.29 is 22.7 Å². The summed E-state index contributed by atoms with van der Waals surface area (Å²) in [6.07, 6.45) is 3.49. The van der Waals surface area contributed by atoms with Gasteiger partial charge in [0.05, 0.1) is 26.2 Å². The molecule has 1 heterocycles. The Kier molecular flexibility index (Phi) is 7.98. The highest BCUT2D eigenvalue weighted by Crippen LogP contribution is 2.33. The minimum absolute atomic E-state index is 0.249. The number of hydrogen-bond acceptors (Lipinski definition) is 6. The van der Waals surface area contributed by atoms with Gasteiger partial charge >= 0.3 is 0 Å². The third-order valence-electron chi connectivity index (χ3n) is 5.53. The van der Waals surface area contributed by atoms with Crippen molar-refractivity contribution in [2.75, 3.05) is 44.4 Å². The minimum atomic E-state index is -3.75. The van der Waals surface area contributed by atoms with E-state index in [9.17, 15) is 13.2 Å². The lowest BCUT2D eigenvalue weighted by molar-refractivity contribution is -0.119. The topological polar surface area (TPSA) is 88.2 Å². The number of methoxy groups -OCH3 is 2. The van der Waals surface area contributed by atoms with E-state index in [2.05, 4.69) is 16.3 Å².